The summed E-state index contributed by atoms with van der Waals surface area (Å²) < 4.78 is 18.7. The highest BCUT2D eigenvalue weighted by Crippen LogP contribution is 2.11. The monoisotopic (exact) mass is 400 g/mol. The van der Waals surface area contributed by atoms with Crippen LogP contribution in [0.4, 0.5) is 4.39 Å². The number of carbonyl (C=O) groups excluding carboxylic acids is 1. The molecular weight excluding hydrogens is 371 g/mol. The summed E-state index contributed by atoms with van der Waals surface area (Å²) in [5, 5.41) is 6.38. The molecule has 0 radical (unpaired) electrons. The van der Waals surface area contributed by atoms with Gasteiger partial charge in [-0.05, 0) is 43.2 Å². The number of hydrogen-bond acceptors (Lipinski definition) is 3. The van der Waals surface area contributed by atoms with Crippen molar-refractivity contribution in [1.29, 1.82) is 0 Å². The van der Waals surface area contributed by atoms with E-state index in [0.717, 1.165) is 18.5 Å². The molecule has 0 unspecified atom stereocenters. The van der Waals surface area contributed by atoms with Crippen molar-refractivity contribution in [2.75, 3.05) is 40.3 Å². The van der Waals surface area contributed by atoms with Gasteiger partial charge in [-0.2, -0.15) is 0 Å². The second-order valence-corrected chi connectivity index (χ2v) is 6.64. The first-order valence-corrected chi connectivity index (χ1v) is 9.70. The normalized spacial score (nSPS) is 11.1. The van der Waals surface area contributed by atoms with Crippen molar-refractivity contribution in [2.24, 2.45) is 4.99 Å². The van der Waals surface area contributed by atoms with Gasteiger partial charge in [0.15, 0.2) is 5.96 Å². The van der Waals surface area contributed by atoms with Gasteiger partial charge in [-0.1, -0.05) is 18.2 Å². The van der Waals surface area contributed by atoms with Crippen molar-refractivity contribution in [3.05, 3.63) is 65.5 Å². The fraction of sp³-hybridized carbons (Fsp3) is 0.364. The highest BCUT2D eigenvalue weighted by molar-refractivity contribution is 5.94. The zero-order valence-electron chi connectivity index (χ0n) is 17.2. The molecule has 29 heavy (non-hydrogen) atoms. The van der Waals surface area contributed by atoms with Gasteiger partial charge in [0.05, 0.1) is 6.54 Å². The van der Waals surface area contributed by atoms with Gasteiger partial charge < -0.3 is 20.3 Å². The molecule has 0 fully saturated rings. The Morgan fingerprint density at radius 1 is 1.14 bits per heavy atom. The third-order valence-corrected chi connectivity index (χ3v) is 4.05. The minimum Gasteiger partial charge on any atom is -0.492 e. The van der Waals surface area contributed by atoms with Crippen LogP contribution >= 0.6 is 0 Å². The highest BCUT2D eigenvalue weighted by Gasteiger charge is 2.08. The van der Waals surface area contributed by atoms with Crippen LogP contribution in [0, 0.1) is 5.82 Å². The lowest BCUT2D eigenvalue weighted by Crippen LogP contribution is -2.39. The number of halogens is 1. The van der Waals surface area contributed by atoms with Crippen molar-refractivity contribution < 1.29 is 13.9 Å². The van der Waals surface area contributed by atoms with Crippen LogP contribution < -0.4 is 15.4 Å². The summed E-state index contributed by atoms with van der Waals surface area (Å²) in [7, 11) is 3.48. The summed E-state index contributed by atoms with van der Waals surface area (Å²) in [5.74, 6) is 0.863. The number of nitrogens with zero attached hydrogens (tertiary/aromatic N) is 2. The van der Waals surface area contributed by atoms with E-state index in [-0.39, 0.29) is 11.7 Å². The van der Waals surface area contributed by atoms with Crippen LogP contribution in [0.5, 0.6) is 5.75 Å². The molecular formula is C22H29FN4O2. The average Bonchev–Trinajstić information content (AvgIpc) is 2.70. The molecule has 2 N–H and O–H groups in total. The Morgan fingerprint density at radius 2 is 1.93 bits per heavy atom. The average molecular weight is 400 g/mol. The number of ether oxygens (including phenoxy) is 1. The number of benzene rings is 2. The lowest BCUT2D eigenvalue weighted by Gasteiger charge is -2.13. The van der Waals surface area contributed by atoms with Gasteiger partial charge in [-0.25, -0.2) is 4.39 Å². The zero-order valence-corrected chi connectivity index (χ0v) is 17.2. The van der Waals surface area contributed by atoms with Crippen molar-refractivity contribution in [1.82, 2.24) is 15.5 Å². The predicted molar refractivity (Wildman–Crippen MR) is 114 cm³/mol. The molecule has 0 saturated heterocycles. The summed E-state index contributed by atoms with van der Waals surface area (Å²) in [6.07, 6.45) is 0.727. The molecule has 2 aromatic rings. The molecule has 2 rings (SSSR count). The van der Waals surface area contributed by atoms with Crippen molar-refractivity contribution >= 4 is 11.9 Å². The molecule has 0 aliphatic heterocycles. The van der Waals surface area contributed by atoms with Crippen LogP contribution in [0.2, 0.25) is 0 Å². The number of nitrogens with one attached hydrogen (secondary N) is 2. The van der Waals surface area contributed by atoms with Gasteiger partial charge in [0.2, 0.25) is 0 Å². The van der Waals surface area contributed by atoms with E-state index in [9.17, 15) is 9.18 Å². The van der Waals surface area contributed by atoms with Crippen LogP contribution in [0.25, 0.3) is 0 Å². The van der Waals surface area contributed by atoms with Gasteiger partial charge in [0.25, 0.3) is 5.91 Å². The SMILES string of the molecule is CCNC(=NCCc1cccc(C(=O)N(C)C)c1)NCCOc1cccc(F)c1. The Morgan fingerprint density at radius 3 is 2.66 bits per heavy atom. The molecule has 1 amide bonds. The Labute approximate surface area is 171 Å². The van der Waals surface area contributed by atoms with Gasteiger partial charge >= 0.3 is 0 Å². The summed E-state index contributed by atoms with van der Waals surface area (Å²) >= 11 is 0. The number of aliphatic imine (C=N–C) groups is 1. The summed E-state index contributed by atoms with van der Waals surface area (Å²) in [4.78, 5) is 18.2. The van der Waals surface area contributed by atoms with E-state index in [1.165, 1.54) is 12.1 Å². The smallest absolute Gasteiger partial charge is 0.253 e. The number of rotatable bonds is 9. The second kappa shape index (κ2) is 11.7. The first-order valence-electron chi connectivity index (χ1n) is 9.70. The summed E-state index contributed by atoms with van der Waals surface area (Å²) in [6.45, 7) is 4.25. The highest BCUT2D eigenvalue weighted by atomic mass is 19.1. The molecule has 6 nitrogen and oxygen atoms in total. The Kier molecular flexibility index (Phi) is 8.95. The van der Waals surface area contributed by atoms with E-state index in [0.29, 0.717) is 37.0 Å². The Bertz CT molecular complexity index is 824. The van der Waals surface area contributed by atoms with Crippen LogP contribution in [-0.2, 0) is 6.42 Å². The third-order valence-electron chi connectivity index (χ3n) is 4.05. The number of amides is 1. The van der Waals surface area contributed by atoms with Gasteiger partial charge in [0, 0.05) is 38.8 Å². The number of hydrogen-bond donors (Lipinski definition) is 2. The van der Waals surface area contributed by atoms with E-state index < -0.39 is 0 Å². The quantitative estimate of drug-likeness (QED) is 0.386. The zero-order chi connectivity index (χ0) is 21.1. The van der Waals surface area contributed by atoms with Crippen molar-refractivity contribution in [2.45, 2.75) is 13.3 Å². The maximum atomic E-state index is 13.1. The summed E-state index contributed by atoms with van der Waals surface area (Å²) in [6, 6.07) is 13.7. The minimum atomic E-state index is -0.318. The molecule has 0 aromatic heterocycles. The fourth-order valence-electron chi connectivity index (χ4n) is 2.65. The van der Waals surface area contributed by atoms with Gasteiger partial charge in [-0.3, -0.25) is 9.79 Å². The second-order valence-electron chi connectivity index (χ2n) is 6.64. The standard InChI is InChI=1S/C22H29FN4O2/c1-4-24-22(26-13-14-29-20-10-6-9-19(23)16-20)25-12-11-17-7-5-8-18(15-17)21(28)27(2)3/h5-10,15-16H,4,11-14H2,1-3H3,(H2,24,25,26). The van der Waals surface area contributed by atoms with E-state index in [2.05, 4.69) is 15.6 Å². The van der Waals surface area contributed by atoms with E-state index in [4.69, 9.17) is 4.74 Å². The Balaban J connectivity index is 1.82. The van der Waals surface area contributed by atoms with E-state index >= 15 is 0 Å². The third kappa shape index (κ3) is 7.81. The van der Waals surface area contributed by atoms with Gasteiger partial charge in [0.1, 0.15) is 18.2 Å². The molecule has 0 saturated carbocycles. The topological polar surface area (TPSA) is 66.0 Å². The first kappa shape index (κ1) is 22.2. The molecule has 0 aliphatic carbocycles. The molecule has 0 aliphatic rings. The summed E-state index contributed by atoms with van der Waals surface area (Å²) in [5.41, 5.74) is 1.74. The van der Waals surface area contributed by atoms with E-state index in [1.54, 1.807) is 31.1 Å². The maximum absolute atomic E-state index is 13.1. The van der Waals surface area contributed by atoms with Crippen LogP contribution in [-0.4, -0.2) is 57.1 Å². The lowest BCUT2D eigenvalue weighted by molar-refractivity contribution is 0.0827. The first-order chi connectivity index (χ1) is 14.0. The molecule has 0 bridgehead atoms. The molecule has 0 heterocycles. The molecule has 7 heteroatoms. The maximum Gasteiger partial charge on any atom is 0.253 e. The molecule has 156 valence electrons. The van der Waals surface area contributed by atoms with Crippen molar-refractivity contribution in [3.63, 3.8) is 0 Å². The lowest BCUT2D eigenvalue weighted by atomic mass is 10.1. The van der Waals surface area contributed by atoms with Gasteiger partial charge in [-0.15, -0.1) is 0 Å². The molecule has 2 aromatic carbocycles. The Hall–Kier alpha value is -3.09. The van der Waals surface area contributed by atoms with Crippen LogP contribution in [0.15, 0.2) is 53.5 Å². The predicted octanol–water partition coefficient (Wildman–Crippen LogP) is 2.70. The van der Waals surface area contributed by atoms with Crippen LogP contribution in [0.3, 0.4) is 0 Å². The molecule has 0 atom stereocenters. The van der Waals surface area contributed by atoms with Crippen LogP contribution in [0.1, 0.15) is 22.8 Å². The molecule has 0 spiro atoms. The number of guanidine groups is 1. The largest absolute Gasteiger partial charge is 0.492 e. The number of carbonyl (C=O) groups is 1. The van der Waals surface area contributed by atoms with Crippen molar-refractivity contribution in [3.8, 4) is 5.75 Å². The van der Waals surface area contributed by atoms with E-state index in [1.807, 2.05) is 31.2 Å². The fourth-order valence-corrected chi connectivity index (χ4v) is 2.65. The minimum absolute atomic E-state index is 0.0105.